The first-order chi connectivity index (χ1) is 8.15. The van der Waals surface area contributed by atoms with E-state index >= 15 is 0 Å². The van der Waals surface area contributed by atoms with Crippen LogP contribution in [0.3, 0.4) is 0 Å². The van der Waals surface area contributed by atoms with Crippen LogP contribution in [0.1, 0.15) is 5.69 Å². The van der Waals surface area contributed by atoms with E-state index in [0.29, 0.717) is 21.1 Å². The van der Waals surface area contributed by atoms with Crippen LogP contribution in [-0.2, 0) is 6.61 Å². The molecule has 1 aromatic carbocycles. The van der Waals surface area contributed by atoms with Gasteiger partial charge in [-0.2, -0.15) is 0 Å². The number of rotatable bonds is 3. The molecule has 6 heteroatoms. The molecule has 1 heterocycles. The van der Waals surface area contributed by atoms with Gasteiger partial charge in [-0.3, -0.25) is 4.98 Å². The molecule has 0 atom stereocenters. The SMILES string of the molecule is Fc1ccc(OCc2cnc(Cl)cn2)cc1Br. The minimum absolute atomic E-state index is 0.252. The van der Waals surface area contributed by atoms with Gasteiger partial charge in [-0.25, -0.2) is 9.37 Å². The third-order valence-corrected chi connectivity index (χ3v) is 2.75. The third-order valence-electron chi connectivity index (χ3n) is 1.95. The van der Waals surface area contributed by atoms with Gasteiger partial charge in [-0.15, -0.1) is 0 Å². The molecule has 0 unspecified atom stereocenters. The highest BCUT2D eigenvalue weighted by Crippen LogP contribution is 2.22. The average Bonchev–Trinajstić information content (AvgIpc) is 2.33. The van der Waals surface area contributed by atoms with Crippen LogP contribution in [-0.4, -0.2) is 9.97 Å². The Kier molecular flexibility index (Phi) is 3.91. The third kappa shape index (κ3) is 3.38. The van der Waals surface area contributed by atoms with Gasteiger partial charge in [0, 0.05) is 0 Å². The van der Waals surface area contributed by atoms with Gasteiger partial charge in [0.2, 0.25) is 0 Å². The topological polar surface area (TPSA) is 35.0 Å². The quantitative estimate of drug-likeness (QED) is 0.867. The summed E-state index contributed by atoms with van der Waals surface area (Å²) >= 11 is 8.69. The molecule has 0 aliphatic carbocycles. The number of hydrogen-bond donors (Lipinski definition) is 0. The second kappa shape index (κ2) is 5.42. The van der Waals surface area contributed by atoms with Gasteiger partial charge >= 0.3 is 0 Å². The summed E-state index contributed by atoms with van der Waals surface area (Å²) in [5.74, 6) is 0.221. The van der Waals surface area contributed by atoms with Gasteiger partial charge in [-0.05, 0) is 34.1 Å². The van der Waals surface area contributed by atoms with E-state index in [1.54, 1.807) is 12.1 Å². The molecular formula is C11H7BrClFN2O. The fourth-order valence-electron chi connectivity index (χ4n) is 1.14. The summed E-state index contributed by atoms with van der Waals surface area (Å²) in [5.41, 5.74) is 0.648. The highest BCUT2D eigenvalue weighted by Gasteiger charge is 2.02. The van der Waals surface area contributed by atoms with E-state index in [1.165, 1.54) is 18.5 Å². The first-order valence-electron chi connectivity index (χ1n) is 4.69. The molecule has 1 aromatic heterocycles. The van der Waals surface area contributed by atoms with E-state index in [2.05, 4.69) is 25.9 Å². The lowest BCUT2D eigenvalue weighted by Gasteiger charge is -2.06. The van der Waals surface area contributed by atoms with E-state index in [-0.39, 0.29) is 12.4 Å². The Morgan fingerprint density at radius 2 is 2.12 bits per heavy atom. The summed E-state index contributed by atoms with van der Waals surface area (Å²) < 4.78 is 18.8. The lowest BCUT2D eigenvalue weighted by Crippen LogP contribution is -1.99. The van der Waals surface area contributed by atoms with Crippen molar-refractivity contribution in [3.8, 4) is 5.75 Å². The van der Waals surface area contributed by atoms with Crippen molar-refractivity contribution < 1.29 is 9.13 Å². The standard InChI is InChI=1S/C11H7BrClFN2O/c12-9-3-8(1-2-10(9)14)17-6-7-4-16-11(13)5-15-7/h1-5H,6H2. The molecule has 0 saturated heterocycles. The van der Waals surface area contributed by atoms with Gasteiger partial charge < -0.3 is 4.74 Å². The molecule has 0 aliphatic heterocycles. The van der Waals surface area contributed by atoms with Crippen LogP contribution >= 0.6 is 27.5 Å². The molecule has 88 valence electrons. The second-order valence-corrected chi connectivity index (χ2v) is 4.44. The zero-order valence-corrected chi connectivity index (χ0v) is 10.9. The van der Waals surface area contributed by atoms with Crippen molar-refractivity contribution in [1.29, 1.82) is 0 Å². The van der Waals surface area contributed by atoms with Crippen LogP contribution in [0.5, 0.6) is 5.75 Å². The first-order valence-corrected chi connectivity index (χ1v) is 5.86. The van der Waals surface area contributed by atoms with Crippen LogP contribution in [0.2, 0.25) is 5.15 Å². The average molecular weight is 318 g/mol. The summed E-state index contributed by atoms with van der Waals surface area (Å²) in [6.07, 6.45) is 2.97. The summed E-state index contributed by atoms with van der Waals surface area (Å²) in [5, 5.41) is 0.332. The molecule has 0 radical (unpaired) electrons. The van der Waals surface area contributed by atoms with E-state index < -0.39 is 0 Å². The largest absolute Gasteiger partial charge is 0.487 e. The lowest BCUT2D eigenvalue weighted by atomic mass is 10.3. The van der Waals surface area contributed by atoms with E-state index in [0.717, 1.165) is 0 Å². The summed E-state index contributed by atoms with van der Waals surface area (Å²) in [6, 6.07) is 4.43. The zero-order chi connectivity index (χ0) is 12.3. The van der Waals surface area contributed by atoms with Crippen molar-refractivity contribution in [3.63, 3.8) is 0 Å². The fraction of sp³-hybridized carbons (Fsp3) is 0.0909. The number of halogens is 3. The van der Waals surface area contributed by atoms with Crippen molar-refractivity contribution >= 4 is 27.5 Å². The Hall–Kier alpha value is -1.20. The van der Waals surface area contributed by atoms with Crippen LogP contribution < -0.4 is 4.74 Å². The van der Waals surface area contributed by atoms with Crippen molar-refractivity contribution in [2.45, 2.75) is 6.61 Å². The zero-order valence-electron chi connectivity index (χ0n) is 8.53. The minimum Gasteiger partial charge on any atom is -0.487 e. The minimum atomic E-state index is -0.330. The lowest BCUT2D eigenvalue weighted by molar-refractivity contribution is 0.300. The number of nitrogens with zero attached hydrogens (tertiary/aromatic N) is 2. The highest BCUT2D eigenvalue weighted by atomic mass is 79.9. The van der Waals surface area contributed by atoms with E-state index in [4.69, 9.17) is 16.3 Å². The first kappa shape index (κ1) is 12.3. The van der Waals surface area contributed by atoms with Crippen molar-refractivity contribution in [2.24, 2.45) is 0 Å². The van der Waals surface area contributed by atoms with Crippen LogP contribution in [0.25, 0.3) is 0 Å². The predicted molar refractivity (Wildman–Crippen MR) is 65.5 cm³/mol. The van der Waals surface area contributed by atoms with E-state index in [9.17, 15) is 4.39 Å². The smallest absolute Gasteiger partial charge is 0.147 e. The molecule has 0 bridgehead atoms. The Morgan fingerprint density at radius 1 is 1.29 bits per heavy atom. The predicted octanol–water partition coefficient (Wildman–Crippen LogP) is 3.61. The van der Waals surface area contributed by atoms with Crippen molar-refractivity contribution in [3.05, 3.63) is 51.7 Å². The molecule has 0 fully saturated rings. The molecule has 0 N–H and O–H groups in total. The normalized spacial score (nSPS) is 10.3. The maximum atomic E-state index is 13.0. The summed E-state index contributed by atoms with van der Waals surface area (Å²) in [4.78, 5) is 7.90. The molecule has 0 amide bonds. The van der Waals surface area contributed by atoms with Crippen molar-refractivity contribution in [1.82, 2.24) is 9.97 Å². The Labute approximate surface area is 111 Å². The van der Waals surface area contributed by atoms with Crippen LogP contribution in [0, 0.1) is 5.82 Å². The summed E-state index contributed by atoms with van der Waals surface area (Å²) in [7, 11) is 0. The fourth-order valence-corrected chi connectivity index (χ4v) is 1.59. The summed E-state index contributed by atoms with van der Waals surface area (Å²) in [6.45, 7) is 0.252. The van der Waals surface area contributed by atoms with Crippen LogP contribution in [0.4, 0.5) is 4.39 Å². The maximum absolute atomic E-state index is 13.0. The monoisotopic (exact) mass is 316 g/mol. The molecular weight excluding hydrogens is 310 g/mol. The number of hydrogen-bond acceptors (Lipinski definition) is 3. The Bertz CT molecular complexity index is 521. The maximum Gasteiger partial charge on any atom is 0.147 e. The second-order valence-electron chi connectivity index (χ2n) is 3.20. The highest BCUT2D eigenvalue weighted by molar-refractivity contribution is 9.10. The molecule has 3 nitrogen and oxygen atoms in total. The Morgan fingerprint density at radius 3 is 2.76 bits per heavy atom. The number of benzene rings is 1. The molecule has 2 aromatic rings. The molecule has 0 aliphatic rings. The van der Waals surface area contributed by atoms with Gasteiger partial charge in [0.1, 0.15) is 23.3 Å². The van der Waals surface area contributed by atoms with Gasteiger partial charge in [0.05, 0.1) is 22.6 Å². The number of aromatic nitrogens is 2. The van der Waals surface area contributed by atoms with Crippen LogP contribution in [0.15, 0.2) is 35.1 Å². The number of ether oxygens (including phenoxy) is 1. The Balaban J connectivity index is 2.02. The van der Waals surface area contributed by atoms with E-state index in [1.807, 2.05) is 0 Å². The van der Waals surface area contributed by atoms with Gasteiger partial charge in [-0.1, -0.05) is 11.6 Å². The molecule has 0 saturated carbocycles. The van der Waals surface area contributed by atoms with Gasteiger partial charge in [0.25, 0.3) is 0 Å². The van der Waals surface area contributed by atoms with Gasteiger partial charge in [0.15, 0.2) is 0 Å². The molecule has 2 rings (SSSR count). The molecule has 17 heavy (non-hydrogen) atoms. The van der Waals surface area contributed by atoms with Crippen molar-refractivity contribution in [2.75, 3.05) is 0 Å². The molecule has 0 spiro atoms.